The van der Waals surface area contributed by atoms with Gasteiger partial charge in [-0.15, -0.1) is 0 Å². The molecule has 0 spiro atoms. The Morgan fingerprint density at radius 2 is 2.07 bits per heavy atom. The average molecular weight is 202 g/mol. The van der Waals surface area contributed by atoms with Gasteiger partial charge in [0.15, 0.2) is 0 Å². The lowest BCUT2D eigenvalue weighted by atomic mass is 10.2. The van der Waals surface area contributed by atoms with Gasteiger partial charge in [-0.25, -0.2) is 0 Å². The number of hydrogen-bond acceptors (Lipinski definition) is 2. The lowest BCUT2D eigenvalue weighted by Crippen LogP contribution is -2.26. The van der Waals surface area contributed by atoms with Gasteiger partial charge in [0.25, 0.3) is 0 Å². The van der Waals surface area contributed by atoms with Crippen molar-refractivity contribution in [1.82, 2.24) is 4.90 Å². The van der Waals surface area contributed by atoms with Crippen LogP contribution in [-0.2, 0) is 6.54 Å². The number of hydrogen-bond donors (Lipinski definition) is 0. The quantitative estimate of drug-likeness (QED) is 0.733. The fraction of sp³-hybridized carbons (Fsp3) is 0.462. The number of aliphatic imine (C=N–C) groups is 1. The van der Waals surface area contributed by atoms with Crippen LogP contribution < -0.4 is 0 Å². The van der Waals surface area contributed by atoms with Crippen molar-refractivity contribution in [2.24, 2.45) is 4.99 Å². The van der Waals surface area contributed by atoms with Gasteiger partial charge in [0.1, 0.15) is 0 Å². The van der Waals surface area contributed by atoms with Crippen molar-refractivity contribution in [1.29, 1.82) is 0 Å². The molecule has 0 N–H and O–H groups in total. The van der Waals surface area contributed by atoms with Crippen LogP contribution in [0.2, 0.25) is 0 Å². The smallest absolute Gasteiger partial charge is 0.0993 e. The fourth-order valence-electron chi connectivity index (χ4n) is 1.96. The molecule has 0 amide bonds. The molecule has 0 atom stereocenters. The third kappa shape index (κ3) is 2.58. The summed E-state index contributed by atoms with van der Waals surface area (Å²) in [6.07, 6.45) is 2.30. The maximum atomic E-state index is 4.55. The van der Waals surface area contributed by atoms with E-state index in [0.29, 0.717) is 0 Å². The summed E-state index contributed by atoms with van der Waals surface area (Å²) in [7, 11) is 0. The standard InChI is InChI=1S/C13H18N2/c1-2-6-13-14-9-10-15(13)11-12-7-4-3-5-8-12/h3-5,7-8H,2,6,9-11H2,1H3. The number of benzene rings is 1. The van der Waals surface area contributed by atoms with Crippen molar-refractivity contribution in [2.75, 3.05) is 13.1 Å². The lowest BCUT2D eigenvalue weighted by molar-refractivity contribution is 0.443. The second-order valence-electron chi connectivity index (χ2n) is 3.96. The van der Waals surface area contributed by atoms with E-state index in [1.807, 2.05) is 0 Å². The predicted molar refractivity (Wildman–Crippen MR) is 64.1 cm³/mol. The molecule has 0 unspecified atom stereocenters. The van der Waals surface area contributed by atoms with E-state index in [1.165, 1.54) is 17.8 Å². The molecule has 1 heterocycles. The Morgan fingerprint density at radius 1 is 1.27 bits per heavy atom. The van der Waals surface area contributed by atoms with Gasteiger partial charge in [0.2, 0.25) is 0 Å². The first kappa shape index (κ1) is 10.2. The van der Waals surface area contributed by atoms with Gasteiger partial charge in [0.05, 0.1) is 12.4 Å². The molecule has 1 aromatic rings. The van der Waals surface area contributed by atoms with Crippen LogP contribution >= 0.6 is 0 Å². The summed E-state index contributed by atoms with van der Waals surface area (Å²) in [4.78, 5) is 6.95. The van der Waals surface area contributed by atoms with Crippen molar-refractivity contribution < 1.29 is 0 Å². The topological polar surface area (TPSA) is 15.6 Å². The van der Waals surface area contributed by atoms with E-state index < -0.39 is 0 Å². The Hall–Kier alpha value is -1.31. The third-order valence-electron chi connectivity index (χ3n) is 2.72. The molecule has 0 aliphatic carbocycles. The van der Waals surface area contributed by atoms with Crippen LogP contribution in [0.25, 0.3) is 0 Å². The summed E-state index contributed by atoms with van der Waals surface area (Å²) in [5.41, 5.74) is 1.38. The molecule has 0 saturated heterocycles. The molecule has 0 bridgehead atoms. The Bertz CT molecular complexity index is 330. The molecule has 0 saturated carbocycles. The van der Waals surface area contributed by atoms with E-state index in [0.717, 1.165) is 26.1 Å². The molecule has 1 aromatic carbocycles. The summed E-state index contributed by atoms with van der Waals surface area (Å²) in [5.74, 6) is 1.29. The third-order valence-corrected chi connectivity index (χ3v) is 2.72. The number of rotatable bonds is 4. The van der Waals surface area contributed by atoms with Crippen molar-refractivity contribution in [2.45, 2.75) is 26.3 Å². The summed E-state index contributed by atoms with van der Waals surface area (Å²) in [5, 5.41) is 0. The van der Waals surface area contributed by atoms with E-state index in [9.17, 15) is 0 Å². The monoisotopic (exact) mass is 202 g/mol. The predicted octanol–water partition coefficient (Wildman–Crippen LogP) is 2.70. The van der Waals surface area contributed by atoms with E-state index in [1.54, 1.807) is 0 Å². The Balaban J connectivity index is 1.98. The fourth-order valence-corrected chi connectivity index (χ4v) is 1.96. The first-order valence-electron chi connectivity index (χ1n) is 5.72. The Labute approximate surface area is 91.6 Å². The Kier molecular flexibility index (Phi) is 3.38. The highest BCUT2D eigenvalue weighted by atomic mass is 15.2. The highest BCUT2D eigenvalue weighted by Crippen LogP contribution is 2.11. The molecule has 2 rings (SSSR count). The molecule has 2 nitrogen and oxygen atoms in total. The van der Waals surface area contributed by atoms with Crippen molar-refractivity contribution >= 4 is 5.84 Å². The zero-order valence-electron chi connectivity index (χ0n) is 9.32. The molecule has 1 aliphatic rings. The van der Waals surface area contributed by atoms with Crippen LogP contribution in [0.5, 0.6) is 0 Å². The highest BCUT2D eigenvalue weighted by molar-refractivity contribution is 5.83. The SMILES string of the molecule is CCCC1=NCCN1Cc1ccccc1. The summed E-state index contributed by atoms with van der Waals surface area (Å²) in [6, 6.07) is 10.6. The second-order valence-corrected chi connectivity index (χ2v) is 3.96. The van der Waals surface area contributed by atoms with Crippen LogP contribution in [0.4, 0.5) is 0 Å². The van der Waals surface area contributed by atoms with Crippen LogP contribution in [0.3, 0.4) is 0 Å². The highest BCUT2D eigenvalue weighted by Gasteiger charge is 2.15. The zero-order valence-corrected chi connectivity index (χ0v) is 9.32. The minimum Gasteiger partial charge on any atom is -0.354 e. The average Bonchev–Trinajstić information content (AvgIpc) is 2.68. The summed E-state index contributed by atoms with van der Waals surface area (Å²) < 4.78 is 0. The largest absolute Gasteiger partial charge is 0.354 e. The van der Waals surface area contributed by atoms with Crippen LogP contribution in [0.1, 0.15) is 25.3 Å². The molecule has 0 aromatic heterocycles. The van der Waals surface area contributed by atoms with E-state index >= 15 is 0 Å². The Morgan fingerprint density at radius 3 is 2.80 bits per heavy atom. The molecule has 1 aliphatic heterocycles. The molecule has 15 heavy (non-hydrogen) atoms. The number of amidine groups is 1. The summed E-state index contributed by atoms with van der Waals surface area (Å²) >= 11 is 0. The maximum absolute atomic E-state index is 4.55. The van der Waals surface area contributed by atoms with Gasteiger partial charge in [-0.3, -0.25) is 4.99 Å². The van der Waals surface area contributed by atoms with Gasteiger partial charge >= 0.3 is 0 Å². The molecule has 0 fully saturated rings. The minimum atomic E-state index is 0.974. The van der Waals surface area contributed by atoms with Gasteiger partial charge < -0.3 is 4.90 Å². The molecule has 0 radical (unpaired) electrons. The molecular weight excluding hydrogens is 184 g/mol. The van der Waals surface area contributed by atoms with Crippen LogP contribution in [0.15, 0.2) is 35.3 Å². The lowest BCUT2D eigenvalue weighted by Gasteiger charge is -2.20. The molecule has 2 heteroatoms. The maximum Gasteiger partial charge on any atom is 0.0993 e. The molecule has 80 valence electrons. The first-order chi connectivity index (χ1) is 7.40. The van der Waals surface area contributed by atoms with Crippen LogP contribution in [0, 0.1) is 0 Å². The summed E-state index contributed by atoms with van der Waals surface area (Å²) in [6.45, 7) is 5.29. The van der Waals surface area contributed by atoms with Gasteiger partial charge in [0, 0.05) is 19.5 Å². The zero-order chi connectivity index (χ0) is 10.5. The van der Waals surface area contributed by atoms with Crippen molar-refractivity contribution in [3.8, 4) is 0 Å². The van der Waals surface area contributed by atoms with Crippen LogP contribution in [-0.4, -0.2) is 23.8 Å². The number of nitrogens with zero attached hydrogens (tertiary/aromatic N) is 2. The van der Waals surface area contributed by atoms with Gasteiger partial charge in [-0.05, 0) is 12.0 Å². The minimum absolute atomic E-state index is 0.974. The molecular formula is C13H18N2. The van der Waals surface area contributed by atoms with Crippen molar-refractivity contribution in [3.63, 3.8) is 0 Å². The second kappa shape index (κ2) is 4.96. The van der Waals surface area contributed by atoms with Gasteiger partial charge in [-0.1, -0.05) is 37.3 Å². The van der Waals surface area contributed by atoms with E-state index in [-0.39, 0.29) is 0 Å². The normalized spacial score (nSPS) is 15.5. The van der Waals surface area contributed by atoms with E-state index in [4.69, 9.17) is 0 Å². The van der Waals surface area contributed by atoms with E-state index in [2.05, 4.69) is 47.1 Å². The van der Waals surface area contributed by atoms with Crippen molar-refractivity contribution in [3.05, 3.63) is 35.9 Å². The van der Waals surface area contributed by atoms with Gasteiger partial charge in [-0.2, -0.15) is 0 Å². The first-order valence-corrected chi connectivity index (χ1v) is 5.72.